The third-order valence-electron chi connectivity index (χ3n) is 2.02. The van der Waals surface area contributed by atoms with Crippen LogP contribution >= 0.6 is 0 Å². The molecule has 0 aromatic carbocycles. The third-order valence-corrected chi connectivity index (χ3v) is 2.02. The van der Waals surface area contributed by atoms with Crippen LogP contribution in [0.25, 0.3) is 0 Å². The lowest BCUT2D eigenvalue weighted by Crippen LogP contribution is -2.37. The van der Waals surface area contributed by atoms with Crippen molar-refractivity contribution < 1.29 is 10.2 Å². The smallest absolute Gasteiger partial charge is 0.0749 e. The summed E-state index contributed by atoms with van der Waals surface area (Å²) in [5, 5.41) is 17.9. The molecule has 0 aliphatic heterocycles. The predicted molar refractivity (Wildman–Crippen MR) is 50.6 cm³/mol. The number of likely N-dealkylation sites (N-methyl/N-ethyl adjacent to an activating group) is 1. The van der Waals surface area contributed by atoms with E-state index in [-0.39, 0.29) is 19.3 Å². The molecular weight excluding hydrogens is 168 g/mol. The summed E-state index contributed by atoms with van der Waals surface area (Å²) >= 11 is 0. The lowest BCUT2D eigenvalue weighted by molar-refractivity contribution is 0.190. The molecule has 4 heteroatoms. The highest BCUT2D eigenvalue weighted by molar-refractivity contribution is 5.43. The largest absolute Gasteiger partial charge is 0.394 e. The van der Waals surface area contributed by atoms with E-state index in [0.717, 1.165) is 5.69 Å². The molecule has 0 spiro atoms. The summed E-state index contributed by atoms with van der Waals surface area (Å²) in [5.41, 5.74) is 0.885. The van der Waals surface area contributed by atoms with Crippen molar-refractivity contribution in [1.82, 2.24) is 4.98 Å². The summed E-state index contributed by atoms with van der Waals surface area (Å²) in [6.07, 6.45) is 3.38. The van der Waals surface area contributed by atoms with Crippen LogP contribution in [0.5, 0.6) is 0 Å². The van der Waals surface area contributed by atoms with Gasteiger partial charge in [0, 0.05) is 13.2 Å². The van der Waals surface area contributed by atoms with E-state index >= 15 is 0 Å². The maximum Gasteiger partial charge on any atom is 0.0749 e. The molecule has 1 rings (SSSR count). The minimum atomic E-state index is -0.260. The fourth-order valence-electron chi connectivity index (χ4n) is 1.08. The highest BCUT2D eigenvalue weighted by Crippen LogP contribution is 2.11. The van der Waals surface area contributed by atoms with Gasteiger partial charge in [-0.2, -0.15) is 0 Å². The highest BCUT2D eigenvalue weighted by Gasteiger charge is 2.12. The Labute approximate surface area is 77.5 Å². The molecule has 0 radical (unpaired) electrons. The second-order valence-corrected chi connectivity index (χ2v) is 2.84. The quantitative estimate of drug-likeness (QED) is 0.681. The van der Waals surface area contributed by atoms with E-state index in [1.807, 2.05) is 19.2 Å². The molecule has 0 saturated carbocycles. The zero-order chi connectivity index (χ0) is 9.68. The molecule has 0 saturated heterocycles. The average Bonchev–Trinajstić information content (AvgIpc) is 2.21. The summed E-state index contributed by atoms with van der Waals surface area (Å²) in [7, 11) is 1.81. The molecule has 1 aromatic rings. The molecule has 4 nitrogen and oxygen atoms in total. The number of aliphatic hydroxyl groups excluding tert-OH is 2. The number of nitrogens with zero attached hydrogens (tertiary/aromatic N) is 2. The fourth-order valence-corrected chi connectivity index (χ4v) is 1.08. The van der Waals surface area contributed by atoms with Gasteiger partial charge in [0.15, 0.2) is 0 Å². The van der Waals surface area contributed by atoms with Gasteiger partial charge in [-0.15, -0.1) is 0 Å². The fraction of sp³-hybridized carbons (Fsp3) is 0.444. The average molecular weight is 182 g/mol. The van der Waals surface area contributed by atoms with Gasteiger partial charge in [-0.1, -0.05) is 0 Å². The lowest BCUT2D eigenvalue weighted by Gasteiger charge is -2.26. The van der Waals surface area contributed by atoms with Gasteiger partial charge >= 0.3 is 0 Å². The summed E-state index contributed by atoms with van der Waals surface area (Å²) in [5.74, 6) is 0. The Hall–Kier alpha value is -1.13. The Kier molecular flexibility index (Phi) is 3.67. The normalized spacial score (nSPS) is 10.5. The molecule has 0 aliphatic carbocycles. The van der Waals surface area contributed by atoms with Crippen molar-refractivity contribution in [3.63, 3.8) is 0 Å². The first-order chi connectivity index (χ1) is 6.29. The van der Waals surface area contributed by atoms with E-state index in [9.17, 15) is 0 Å². The Morgan fingerprint density at radius 1 is 1.46 bits per heavy atom. The monoisotopic (exact) mass is 182 g/mol. The predicted octanol–water partition coefficient (Wildman–Crippen LogP) is -0.129. The van der Waals surface area contributed by atoms with Crippen molar-refractivity contribution in [2.24, 2.45) is 0 Å². The highest BCUT2D eigenvalue weighted by atomic mass is 16.3. The number of hydrogen-bond acceptors (Lipinski definition) is 4. The number of aromatic nitrogens is 1. The second-order valence-electron chi connectivity index (χ2n) is 2.84. The molecule has 13 heavy (non-hydrogen) atoms. The van der Waals surface area contributed by atoms with Crippen molar-refractivity contribution in [1.29, 1.82) is 0 Å². The summed E-state index contributed by atoms with van der Waals surface area (Å²) in [6.45, 7) is -0.135. The van der Waals surface area contributed by atoms with Gasteiger partial charge in [0.05, 0.1) is 31.1 Å². The van der Waals surface area contributed by atoms with Crippen LogP contribution in [-0.2, 0) is 0 Å². The van der Waals surface area contributed by atoms with Gasteiger partial charge in [-0.3, -0.25) is 4.98 Å². The van der Waals surface area contributed by atoms with E-state index in [4.69, 9.17) is 10.2 Å². The molecule has 0 aliphatic rings. The van der Waals surface area contributed by atoms with Gasteiger partial charge in [0.25, 0.3) is 0 Å². The Bertz CT molecular complexity index is 237. The van der Waals surface area contributed by atoms with Crippen molar-refractivity contribution in [3.8, 4) is 0 Å². The summed E-state index contributed by atoms with van der Waals surface area (Å²) in [4.78, 5) is 5.75. The number of pyridine rings is 1. The van der Waals surface area contributed by atoms with Crippen LogP contribution in [0.1, 0.15) is 0 Å². The van der Waals surface area contributed by atoms with Crippen LogP contribution in [0.2, 0.25) is 0 Å². The van der Waals surface area contributed by atoms with Crippen LogP contribution in [0.15, 0.2) is 24.5 Å². The minimum Gasteiger partial charge on any atom is -0.394 e. The van der Waals surface area contributed by atoms with Gasteiger partial charge in [0.2, 0.25) is 0 Å². The molecule has 0 bridgehead atoms. The third kappa shape index (κ3) is 2.40. The first kappa shape index (κ1) is 9.95. The van der Waals surface area contributed by atoms with Crippen LogP contribution in [-0.4, -0.2) is 41.5 Å². The lowest BCUT2D eigenvalue weighted by atomic mass is 10.2. The maximum absolute atomic E-state index is 8.94. The number of hydrogen-bond donors (Lipinski definition) is 2. The Morgan fingerprint density at radius 3 is 2.62 bits per heavy atom. The van der Waals surface area contributed by atoms with Gasteiger partial charge < -0.3 is 15.1 Å². The topological polar surface area (TPSA) is 56.6 Å². The van der Waals surface area contributed by atoms with Crippen molar-refractivity contribution >= 4 is 5.69 Å². The molecule has 0 fully saturated rings. The SMILES string of the molecule is CN(c1cccnc1)C(CO)CO. The molecule has 2 N–H and O–H groups in total. The number of anilines is 1. The Morgan fingerprint density at radius 2 is 2.15 bits per heavy atom. The van der Waals surface area contributed by atoms with Gasteiger partial charge in [0.1, 0.15) is 0 Å². The van der Waals surface area contributed by atoms with E-state index in [0.29, 0.717) is 0 Å². The zero-order valence-corrected chi connectivity index (χ0v) is 7.59. The molecule has 72 valence electrons. The molecule has 1 heterocycles. The van der Waals surface area contributed by atoms with E-state index in [1.54, 1.807) is 17.3 Å². The minimum absolute atomic E-state index is 0.0676. The standard InChI is InChI=1S/C9H14N2O2/c1-11(9(6-12)7-13)8-3-2-4-10-5-8/h2-5,9,12-13H,6-7H2,1H3. The van der Waals surface area contributed by atoms with E-state index < -0.39 is 0 Å². The molecule has 0 unspecified atom stereocenters. The summed E-state index contributed by atoms with van der Waals surface area (Å²) < 4.78 is 0. The van der Waals surface area contributed by atoms with Gasteiger partial charge in [-0.25, -0.2) is 0 Å². The van der Waals surface area contributed by atoms with Crippen LogP contribution < -0.4 is 4.90 Å². The molecule has 0 atom stereocenters. The first-order valence-corrected chi connectivity index (χ1v) is 4.14. The summed E-state index contributed by atoms with van der Waals surface area (Å²) in [6, 6.07) is 3.44. The maximum atomic E-state index is 8.94. The van der Waals surface area contributed by atoms with Crippen molar-refractivity contribution in [3.05, 3.63) is 24.5 Å². The van der Waals surface area contributed by atoms with Crippen molar-refractivity contribution in [2.75, 3.05) is 25.2 Å². The number of aliphatic hydroxyl groups is 2. The van der Waals surface area contributed by atoms with Crippen molar-refractivity contribution in [2.45, 2.75) is 6.04 Å². The van der Waals surface area contributed by atoms with Gasteiger partial charge in [-0.05, 0) is 12.1 Å². The number of rotatable bonds is 4. The molecule has 1 aromatic heterocycles. The second kappa shape index (κ2) is 4.79. The van der Waals surface area contributed by atoms with Crippen LogP contribution in [0.3, 0.4) is 0 Å². The zero-order valence-electron chi connectivity index (χ0n) is 7.59. The van der Waals surface area contributed by atoms with Crippen LogP contribution in [0.4, 0.5) is 5.69 Å². The molecule has 0 amide bonds. The Balaban J connectivity index is 2.72. The van der Waals surface area contributed by atoms with E-state index in [2.05, 4.69) is 4.98 Å². The van der Waals surface area contributed by atoms with Crippen LogP contribution in [0, 0.1) is 0 Å². The first-order valence-electron chi connectivity index (χ1n) is 4.14. The van der Waals surface area contributed by atoms with E-state index in [1.165, 1.54) is 0 Å². The molecular formula is C9H14N2O2.